The number of hydrogen-bond acceptors (Lipinski definition) is 9. The van der Waals surface area contributed by atoms with Gasteiger partial charge in [-0.1, -0.05) is 0 Å². The first-order valence-corrected chi connectivity index (χ1v) is 16.2. The van der Waals surface area contributed by atoms with Gasteiger partial charge in [0.1, 0.15) is 0 Å². The number of ether oxygens (including phenoxy) is 5. The van der Waals surface area contributed by atoms with Gasteiger partial charge in [-0.3, -0.25) is 0 Å². The first-order chi connectivity index (χ1) is 18.1. The maximum absolute atomic E-state index is 7.88. The molecule has 0 aromatic rings. The Hall–Kier alpha value is -0.140. The molecular formula is C27H50N4O5P2+2. The fraction of sp³-hybridized carbons (Fsp3) is 1.00. The van der Waals surface area contributed by atoms with Crippen molar-refractivity contribution in [3.63, 3.8) is 0 Å². The normalized spacial score (nSPS) is 47.8. The molecule has 3 rings (SSSR count). The third kappa shape index (κ3) is 6.83. The zero-order valence-electron chi connectivity index (χ0n) is 24.6. The fourth-order valence-electron chi connectivity index (χ4n) is 6.61. The topological polar surface area (TPSA) is 119 Å². The Morgan fingerprint density at radius 3 is 1.61 bits per heavy atom. The molecule has 7 unspecified atom stereocenters. The summed E-state index contributed by atoms with van der Waals surface area (Å²) in [5.74, 6) is 1.28. The van der Waals surface area contributed by atoms with Crippen molar-refractivity contribution in [3.05, 3.63) is 0 Å². The average Bonchev–Trinajstić information content (AvgIpc) is 2.91. The monoisotopic (exact) mass is 572 g/mol. The van der Waals surface area contributed by atoms with Crippen molar-refractivity contribution >= 4 is 16.3 Å². The van der Waals surface area contributed by atoms with Gasteiger partial charge in [-0.05, 0) is 0 Å². The summed E-state index contributed by atoms with van der Waals surface area (Å²) in [6.07, 6.45) is 1.01. The third-order valence-electron chi connectivity index (χ3n) is 9.46. The van der Waals surface area contributed by atoms with Crippen LogP contribution in [0.25, 0.3) is 0 Å². The van der Waals surface area contributed by atoms with Crippen LogP contribution in [0, 0.1) is 39.9 Å². The van der Waals surface area contributed by atoms with Crippen LogP contribution in [0.15, 0.2) is 9.49 Å². The standard InChI is InChI=1S/C27H50N4O5P2/c1-10-19-14(5)13(4)15(6)26(33-19)35-25-17(8)23(31-38-29)27(34-21(25)12-3)36-24-16(7)22(30-37-28)18(9)32-20(24)11-2/h13-29H,10-12H2,1-9H3/q+2/t13-,14-,15?,16+,17?,18-,19?,20?,21?,22?,23?,24-,25-,26-,27-/m0/s1. The number of nitrogens with zero attached hydrogens (tertiary/aromatic N) is 2. The molecule has 3 saturated heterocycles. The molecule has 3 fully saturated rings. The van der Waals surface area contributed by atoms with Crippen molar-refractivity contribution in [2.24, 2.45) is 39.1 Å². The molecule has 3 aliphatic rings. The van der Waals surface area contributed by atoms with E-state index in [1.807, 2.05) is 6.92 Å². The molecule has 0 radical (unpaired) electrons. The van der Waals surface area contributed by atoms with E-state index in [-0.39, 0.29) is 89.1 Å². The molecule has 216 valence electrons. The second kappa shape index (κ2) is 14.7. The molecule has 0 bridgehead atoms. The summed E-state index contributed by atoms with van der Waals surface area (Å²) < 4.78 is 42.0. The van der Waals surface area contributed by atoms with Crippen LogP contribution in [-0.4, -0.2) is 61.3 Å². The summed E-state index contributed by atoms with van der Waals surface area (Å²) in [5, 5.41) is 15.5. The molecule has 15 atom stereocenters. The van der Waals surface area contributed by atoms with Crippen molar-refractivity contribution in [2.75, 3.05) is 0 Å². The molecule has 0 aliphatic carbocycles. The number of hydrogen-bond donors (Lipinski definition) is 2. The fourth-order valence-corrected chi connectivity index (χ4v) is 7.59. The molecule has 0 aromatic carbocycles. The van der Waals surface area contributed by atoms with Gasteiger partial charge in [-0.15, -0.1) is 0 Å². The van der Waals surface area contributed by atoms with Crippen molar-refractivity contribution in [1.29, 1.82) is 10.3 Å². The second-order valence-electron chi connectivity index (χ2n) is 11.6. The molecular weight excluding hydrogens is 522 g/mol. The van der Waals surface area contributed by atoms with Crippen molar-refractivity contribution < 1.29 is 23.7 Å². The first kappa shape index (κ1) is 32.4. The molecule has 11 heteroatoms. The van der Waals surface area contributed by atoms with Crippen molar-refractivity contribution in [3.8, 4) is 0 Å². The minimum absolute atomic E-state index is 0.0202. The van der Waals surface area contributed by atoms with E-state index >= 15 is 0 Å². The van der Waals surface area contributed by atoms with Gasteiger partial charge >= 0.3 is 232 Å². The van der Waals surface area contributed by atoms with Gasteiger partial charge in [0, 0.05) is 0 Å². The van der Waals surface area contributed by atoms with Crippen LogP contribution in [0.1, 0.15) is 81.6 Å². The summed E-state index contributed by atoms with van der Waals surface area (Å²) in [5.41, 5.74) is 0. The Bertz CT molecular complexity index is 870. The van der Waals surface area contributed by atoms with Crippen LogP contribution in [0.4, 0.5) is 0 Å². The molecule has 3 aliphatic heterocycles. The van der Waals surface area contributed by atoms with Gasteiger partial charge in [0.25, 0.3) is 0 Å². The van der Waals surface area contributed by atoms with Gasteiger partial charge in [0.15, 0.2) is 0 Å². The van der Waals surface area contributed by atoms with Crippen LogP contribution >= 0.6 is 16.3 Å². The Morgan fingerprint density at radius 1 is 0.579 bits per heavy atom. The zero-order valence-corrected chi connectivity index (χ0v) is 26.4. The van der Waals surface area contributed by atoms with Gasteiger partial charge in [-0.2, -0.15) is 0 Å². The van der Waals surface area contributed by atoms with E-state index in [0.29, 0.717) is 11.8 Å². The molecule has 38 heavy (non-hydrogen) atoms. The molecule has 0 saturated carbocycles. The van der Waals surface area contributed by atoms with Gasteiger partial charge in [0.05, 0.1) is 0 Å². The molecule has 0 spiro atoms. The molecule has 0 amide bonds. The van der Waals surface area contributed by atoms with Gasteiger partial charge in [0.2, 0.25) is 0 Å². The summed E-state index contributed by atoms with van der Waals surface area (Å²) >= 11 is 0. The van der Waals surface area contributed by atoms with Crippen molar-refractivity contribution in [1.82, 2.24) is 0 Å². The van der Waals surface area contributed by atoms with Gasteiger partial charge in [-0.25, -0.2) is 0 Å². The SMILES string of the molecule is CCC1O[C@@H](O[C@@H]2C(CC)O[C@@H](C)C(N=[P+]=N)[C@H]2C)C(N=[P+]=N)C(C)[C@@H]1O[C@@H]1OC(CC)[C@@H](C)[C@H](C)C1C. The molecule has 9 nitrogen and oxygen atoms in total. The van der Waals surface area contributed by atoms with E-state index in [1.165, 1.54) is 0 Å². The quantitative estimate of drug-likeness (QED) is 0.272. The van der Waals surface area contributed by atoms with Gasteiger partial charge < -0.3 is 0 Å². The predicted molar refractivity (Wildman–Crippen MR) is 150 cm³/mol. The number of rotatable bonds is 9. The Balaban J connectivity index is 1.84. The molecule has 0 aromatic heterocycles. The average molecular weight is 573 g/mol. The summed E-state index contributed by atoms with van der Waals surface area (Å²) in [4.78, 5) is 0. The van der Waals surface area contributed by atoms with Crippen molar-refractivity contribution in [2.45, 2.75) is 143 Å². The number of nitrogens with one attached hydrogen (secondary N) is 2. The van der Waals surface area contributed by atoms with Crippen LogP contribution in [-0.2, 0) is 23.7 Å². The first-order valence-electron chi connectivity index (χ1n) is 14.5. The van der Waals surface area contributed by atoms with E-state index in [9.17, 15) is 0 Å². The van der Waals surface area contributed by atoms with E-state index in [1.54, 1.807) is 0 Å². The van der Waals surface area contributed by atoms with Crippen LogP contribution < -0.4 is 0 Å². The Kier molecular flexibility index (Phi) is 12.5. The second-order valence-corrected chi connectivity index (χ2v) is 12.5. The molecule has 3 heterocycles. The third-order valence-corrected chi connectivity index (χ3v) is 10.2. The van der Waals surface area contributed by atoms with Crippen LogP contribution in [0.2, 0.25) is 0 Å². The Labute approximate surface area is 232 Å². The van der Waals surface area contributed by atoms with E-state index < -0.39 is 6.29 Å². The van der Waals surface area contributed by atoms with E-state index in [0.717, 1.165) is 19.3 Å². The van der Waals surface area contributed by atoms with Crippen LogP contribution in [0.3, 0.4) is 0 Å². The minimum atomic E-state index is -0.604. The van der Waals surface area contributed by atoms with Crippen LogP contribution in [0.5, 0.6) is 0 Å². The molecule has 2 N–H and O–H groups in total. The Morgan fingerprint density at radius 2 is 1.05 bits per heavy atom. The summed E-state index contributed by atoms with van der Waals surface area (Å²) in [7, 11) is 0.445. The summed E-state index contributed by atoms with van der Waals surface area (Å²) in [6.45, 7) is 19.5. The predicted octanol–water partition coefficient (Wildman–Crippen LogP) is 7.93. The van der Waals surface area contributed by atoms with E-state index in [2.05, 4.69) is 64.9 Å². The summed E-state index contributed by atoms with van der Waals surface area (Å²) in [6, 6.07) is -0.473. The zero-order chi connectivity index (χ0) is 28.1. The maximum atomic E-state index is 7.88. The van der Waals surface area contributed by atoms with E-state index in [4.69, 9.17) is 34.0 Å².